The summed E-state index contributed by atoms with van der Waals surface area (Å²) in [5.41, 5.74) is 0.547. The first-order valence-electron chi connectivity index (χ1n) is 5.77. The second kappa shape index (κ2) is 8.75. The van der Waals surface area contributed by atoms with Gasteiger partial charge in [0, 0.05) is 18.2 Å². The minimum absolute atomic E-state index is 0.547. The maximum atomic E-state index is 5.93. The van der Waals surface area contributed by atoms with Gasteiger partial charge < -0.3 is 4.74 Å². The van der Waals surface area contributed by atoms with E-state index in [1.165, 1.54) is 6.42 Å². The molecule has 0 fully saturated rings. The van der Waals surface area contributed by atoms with Crippen LogP contribution in [0.2, 0.25) is 13.1 Å². The number of rotatable bonds is 8. The van der Waals surface area contributed by atoms with Crippen LogP contribution in [0.15, 0.2) is 0 Å². The molecule has 0 saturated heterocycles. The summed E-state index contributed by atoms with van der Waals surface area (Å²) < 4.78 is 5.93. The molecule has 0 N–H and O–H groups in total. The average molecular weight is 237 g/mol. The largest absolute Gasteiger partial charge is 0.382 e. The molecule has 0 aliphatic rings. The second-order valence-electron chi connectivity index (χ2n) is 4.57. The molecule has 0 spiro atoms. The fraction of sp³-hybridized carbons (Fsp3) is 1.00. The van der Waals surface area contributed by atoms with Crippen molar-refractivity contribution < 1.29 is 4.74 Å². The molecule has 0 rings (SSSR count). The summed E-state index contributed by atoms with van der Waals surface area (Å²) in [5.74, 6) is 1.46. The molecule has 1 unspecified atom stereocenters. The van der Waals surface area contributed by atoms with Crippen molar-refractivity contribution in [2.24, 2.45) is 5.92 Å². The molecular formula is C11H25ClOSi. The maximum Gasteiger partial charge on any atom is 0.0659 e. The molecule has 0 heterocycles. The summed E-state index contributed by atoms with van der Waals surface area (Å²) in [6.07, 6.45) is 3.49. The number of alkyl halides is 1. The third-order valence-electron chi connectivity index (χ3n) is 2.40. The maximum absolute atomic E-state index is 5.93. The molecule has 1 nitrogen and oxygen atoms in total. The van der Waals surface area contributed by atoms with Crippen LogP contribution in [-0.2, 0) is 4.74 Å². The van der Waals surface area contributed by atoms with E-state index in [-0.39, 0.29) is 0 Å². The first-order valence-corrected chi connectivity index (χ1v) is 9.28. The standard InChI is InChI=1S/C11H25ClOSi/c1-10(2)11(14(3)4)13-9-7-5-6-8-12/h10-11,14H,5-9H2,1-4H3. The molecule has 0 aliphatic carbocycles. The zero-order chi connectivity index (χ0) is 11.0. The Hall–Kier alpha value is 0.467. The van der Waals surface area contributed by atoms with Gasteiger partial charge >= 0.3 is 0 Å². The highest BCUT2D eigenvalue weighted by Gasteiger charge is 2.18. The van der Waals surface area contributed by atoms with E-state index in [9.17, 15) is 0 Å². The Morgan fingerprint density at radius 1 is 1.14 bits per heavy atom. The number of hydrogen-bond donors (Lipinski definition) is 0. The van der Waals surface area contributed by atoms with Gasteiger partial charge in [0.25, 0.3) is 0 Å². The van der Waals surface area contributed by atoms with E-state index in [2.05, 4.69) is 26.9 Å². The van der Waals surface area contributed by atoms with Crippen molar-refractivity contribution in [1.82, 2.24) is 0 Å². The zero-order valence-corrected chi connectivity index (χ0v) is 12.0. The molecule has 86 valence electrons. The Morgan fingerprint density at radius 2 is 1.79 bits per heavy atom. The third kappa shape index (κ3) is 6.85. The molecule has 1 atom stereocenters. The fourth-order valence-corrected chi connectivity index (χ4v) is 4.00. The van der Waals surface area contributed by atoms with Crippen molar-refractivity contribution in [1.29, 1.82) is 0 Å². The van der Waals surface area contributed by atoms with E-state index in [0.29, 0.717) is 11.6 Å². The van der Waals surface area contributed by atoms with Crippen molar-refractivity contribution in [2.75, 3.05) is 12.5 Å². The van der Waals surface area contributed by atoms with Crippen LogP contribution in [0.5, 0.6) is 0 Å². The molecule has 0 amide bonds. The first-order chi connectivity index (χ1) is 6.59. The van der Waals surface area contributed by atoms with Crippen molar-refractivity contribution in [3.05, 3.63) is 0 Å². The van der Waals surface area contributed by atoms with Crippen LogP contribution in [0.1, 0.15) is 33.1 Å². The van der Waals surface area contributed by atoms with Gasteiger partial charge in [0.15, 0.2) is 0 Å². The first kappa shape index (κ1) is 14.5. The monoisotopic (exact) mass is 236 g/mol. The lowest BCUT2D eigenvalue weighted by Gasteiger charge is -2.24. The molecule has 0 aromatic carbocycles. The minimum atomic E-state index is -0.650. The fourth-order valence-electron chi connectivity index (χ4n) is 1.75. The highest BCUT2D eigenvalue weighted by atomic mass is 35.5. The topological polar surface area (TPSA) is 9.23 Å². The predicted molar refractivity (Wildman–Crippen MR) is 68.0 cm³/mol. The molecule has 3 heteroatoms. The quantitative estimate of drug-likeness (QED) is 0.356. The van der Waals surface area contributed by atoms with Gasteiger partial charge in [-0.25, -0.2) is 0 Å². The van der Waals surface area contributed by atoms with Crippen molar-refractivity contribution in [3.8, 4) is 0 Å². The van der Waals surface area contributed by atoms with Gasteiger partial charge in [-0.05, 0) is 25.2 Å². The summed E-state index contributed by atoms with van der Waals surface area (Å²) in [6.45, 7) is 10.2. The summed E-state index contributed by atoms with van der Waals surface area (Å²) in [5, 5.41) is 0. The lowest BCUT2D eigenvalue weighted by Crippen LogP contribution is -2.33. The van der Waals surface area contributed by atoms with Gasteiger partial charge in [0.05, 0.1) is 8.80 Å². The van der Waals surface area contributed by atoms with E-state index in [4.69, 9.17) is 16.3 Å². The van der Waals surface area contributed by atoms with Crippen molar-refractivity contribution >= 4 is 20.4 Å². The van der Waals surface area contributed by atoms with Crippen LogP contribution in [0, 0.1) is 5.92 Å². The number of unbranched alkanes of at least 4 members (excludes halogenated alkanes) is 2. The van der Waals surface area contributed by atoms with Crippen LogP contribution in [0.25, 0.3) is 0 Å². The number of hydrogen-bond acceptors (Lipinski definition) is 1. The van der Waals surface area contributed by atoms with Gasteiger partial charge in [-0.15, -0.1) is 11.6 Å². The van der Waals surface area contributed by atoms with E-state index >= 15 is 0 Å². The predicted octanol–water partition coefficient (Wildman–Crippen LogP) is 3.46. The summed E-state index contributed by atoms with van der Waals surface area (Å²) in [7, 11) is -0.650. The molecule has 0 saturated carbocycles. The highest BCUT2D eigenvalue weighted by Crippen LogP contribution is 2.11. The van der Waals surface area contributed by atoms with Gasteiger partial charge in [-0.3, -0.25) is 0 Å². The molecule has 0 aromatic heterocycles. The summed E-state index contributed by atoms with van der Waals surface area (Å²) in [6, 6.07) is 0. The van der Waals surface area contributed by atoms with E-state index in [0.717, 1.165) is 25.3 Å². The molecular weight excluding hydrogens is 212 g/mol. The van der Waals surface area contributed by atoms with E-state index in [1.807, 2.05) is 0 Å². The van der Waals surface area contributed by atoms with Crippen LogP contribution in [0.3, 0.4) is 0 Å². The lowest BCUT2D eigenvalue weighted by atomic mass is 10.2. The van der Waals surface area contributed by atoms with Gasteiger partial charge in [-0.1, -0.05) is 26.9 Å². The van der Waals surface area contributed by atoms with E-state index < -0.39 is 8.80 Å². The van der Waals surface area contributed by atoms with E-state index in [1.54, 1.807) is 0 Å². The van der Waals surface area contributed by atoms with Crippen LogP contribution < -0.4 is 0 Å². The van der Waals surface area contributed by atoms with Gasteiger partial charge in [0.2, 0.25) is 0 Å². The molecule has 0 aliphatic heterocycles. The van der Waals surface area contributed by atoms with Gasteiger partial charge in [-0.2, -0.15) is 0 Å². The minimum Gasteiger partial charge on any atom is -0.382 e. The van der Waals surface area contributed by atoms with Crippen LogP contribution in [-0.4, -0.2) is 27.0 Å². The van der Waals surface area contributed by atoms with Crippen molar-refractivity contribution in [2.45, 2.75) is 51.9 Å². The highest BCUT2D eigenvalue weighted by molar-refractivity contribution is 6.57. The Morgan fingerprint density at radius 3 is 2.21 bits per heavy atom. The number of ether oxygens (including phenoxy) is 1. The Balaban J connectivity index is 3.52. The lowest BCUT2D eigenvalue weighted by molar-refractivity contribution is 0.0705. The summed E-state index contributed by atoms with van der Waals surface area (Å²) >= 11 is 5.61. The molecule has 0 radical (unpaired) electrons. The third-order valence-corrected chi connectivity index (χ3v) is 4.95. The Labute approximate surface area is 95.8 Å². The normalized spacial score (nSPS) is 13.9. The molecule has 0 aromatic rings. The van der Waals surface area contributed by atoms with Gasteiger partial charge in [0.1, 0.15) is 0 Å². The van der Waals surface area contributed by atoms with Crippen LogP contribution >= 0.6 is 11.6 Å². The van der Waals surface area contributed by atoms with Crippen molar-refractivity contribution in [3.63, 3.8) is 0 Å². The zero-order valence-electron chi connectivity index (χ0n) is 10.1. The molecule has 14 heavy (non-hydrogen) atoms. The Bertz CT molecular complexity index is 120. The average Bonchev–Trinajstić information content (AvgIpc) is 2.09. The SMILES string of the molecule is CC(C)C(OCCCCCCl)[SiH](C)C. The van der Waals surface area contributed by atoms with Crippen LogP contribution in [0.4, 0.5) is 0 Å². The Kier molecular flexibility index (Phi) is 9.04. The summed E-state index contributed by atoms with van der Waals surface area (Å²) in [4.78, 5) is 0. The molecule has 0 bridgehead atoms. The number of halogens is 1. The second-order valence-corrected chi connectivity index (χ2v) is 8.10. The smallest absolute Gasteiger partial charge is 0.0659 e.